The van der Waals surface area contributed by atoms with Crippen LogP contribution in [0, 0.1) is 0 Å². The zero-order valence-corrected chi connectivity index (χ0v) is 21.1. The minimum atomic E-state index is -1.38. The number of rotatable bonds is 9. The second-order valence-corrected chi connectivity index (χ2v) is 10.2. The summed E-state index contributed by atoms with van der Waals surface area (Å²) in [6.45, 7) is 4.25. The van der Waals surface area contributed by atoms with Gasteiger partial charge < -0.3 is 0 Å². The third-order valence-corrected chi connectivity index (χ3v) is 7.16. The Kier molecular flexibility index (Phi) is 10.3. The molecule has 182 valence electrons. The summed E-state index contributed by atoms with van der Waals surface area (Å²) < 4.78 is 30.0. The molecule has 1 aromatic heterocycles. The molecule has 0 saturated carbocycles. The molecule has 1 amide bonds. The van der Waals surface area contributed by atoms with Crippen LogP contribution in [0.1, 0.15) is 37.7 Å². The fourth-order valence-electron chi connectivity index (χ4n) is 3.27. The van der Waals surface area contributed by atoms with Gasteiger partial charge in [0.2, 0.25) is 0 Å². The quantitative estimate of drug-likeness (QED) is 0.238. The van der Waals surface area contributed by atoms with E-state index in [1.165, 1.54) is 10.5 Å². The summed E-state index contributed by atoms with van der Waals surface area (Å²) in [5, 5.41) is 2.69. The second-order valence-electron chi connectivity index (χ2n) is 7.28. The molecule has 0 spiro atoms. The number of carbonyl (C=O) groups is 5. The Labute approximate surface area is 200 Å². The van der Waals surface area contributed by atoms with Crippen LogP contribution < -0.4 is 5.32 Å². The van der Waals surface area contributed by atoms with E-state index in [2.05, 4.69) is 9.40 Å². The Morgan fingerprint density at radius 3 is 2.12 bits per heavy atom. The molecule has 1 aliphatic rings. The van der Waals surface area contributed by atoms with E-state index in [0.717, 1.165) is 20.8 Å². The molecule has 2 rings (SSSR count). The topological polar surface area (TPSA) is 144 Å². The molecular formula is C21H27NO10Te. The first-order chi connectivity index (χ1) is 15.6. The van der Waals surface area contributed by atoms with E-state index < -0.39 is 80.9 Å². The van der Waals surface area contributed by atoms with Crippen molar-refractivity contribution in [3.63, 3.8) is 0 Å². The van der Waals surface area contributed by atoms with Gasteiger partial charge in [-0.2, -0.15) is 0 Å². The molecule has 0 aromatic carbocycles. The van der Waals surface area contributed by atoms with Gasteiger partial charge in [-0.15, -0.1) is 0 Å². The zero-order valence-electron chi connectivity index (χ0n) is 18.7. The van der Waals surface area contributed by atoms with Gasteiger partial charge >= 0.3 is 189 Å². The number of hydrogen-bond acceptors (Lipinski definition) is 10. The van der Waals surface area contributed by atoms with Crippen LogP contribution in [-0.4, -0.2) is 87.5 Å². The fourth-order valence-corrected chi connectivity index (χ4v) is 5.29. The maximum atomic E-state index is 12.7. The molecule has 1 saturated heterocycles. The van der Waals surface area contributed by atoms with Crippen molar-refractivity contribution < 1.29 is 47.7 Å². The SMILES string of the molecule is CC(=O)OC[C@H]1OC(OC(C)=O)[C@@H](NC(=O)CCc2ccc[te]2)[C@@H](OC(C)=O)[C@@H]1OC(C)=O. The van der Waals surface area contributed by atoms with Crippen molar-refractivity contribution in [1.29, 1.82) is 0 Å². The van der Waals surface area contributed by atoms with E-state index in [-0.39, 0.29) is 13.0 Å². The van der Waals surface area contributed by atoms with Crippen molar-refractivity contribution in [2.45, 2.75) is 71.2 Å². The Morgan fingerprint density at radius 2 is 1.58 bits per heavy atom. The average Bonchev–Trinajstić information content (AvgIpc) is 3.22. The van der Waals surface area contributed by atoms with Gasteiger partial charge in [0.1, 0.15) is 0 Å². The summed E-state index contributed by atoms with van der Waals surface area (Å²) in [6.07, 6.45) is -4.30. The van der Waals surface area contributed by atoms with E-state index in [4.69, 9.17) is 23.7 Å². The molecule has 0 aliphatic carbocycles. The Morgan fingerprint density at radius 1 is 0.939 bits per heavy atom. The molecule has 11 nitrogen and oxygen atoms in total. The Hall–Kier alpha value is -2.42. The molecule has 1 aliphatic heterocycles. The van der Waals surface area contributed by atoms with E-state index in [0.29, 0.717) is 6.42 Å². The predicted octanol–water partition coefficient (Wildman–Crippen LogP) is -0.124. The van der Waals surface area contributed by atoms with Gasteiger partial charge in [0.05, 0.1) is 0 Å². The molecule has 1 fully saturated rings. The number of nitrogens with one attached hydrogen (secondary N) is 1. The summed E-state index contributed by atoms with van der Waals surface area (Å²) in [4.78, 5) is 59.3. The number of aryl methyl sites for hydroxylation is 1. The predicted molar refractivity (Wildman–Crippen MR) is 112 cm³/mol. The molecule has 1 N–H and O–H groups in total. The van der Waals surface area contributed by atoms with E-state index >= 15 is 0 Å². The van der Waals surface area contributed by atoms with Crippen molar-refractivity contribution in [2.24, 2.45) is 0 Å². The molecule has 0 radical (unpaired) electrons. The normalized spacial score (nSPS) is 24.3. The number of esters is 4. The second kappa shape index (κ2) is 12.7. The fraction of sp³-hybridized carbons (Fsp3) is 0.571. The van der Waals surface area contributed by atoms with Crippen molar-refractivity contribution in [3.05, 3.63) is 19.8 Å². The minimum absolute atomic E-state index is 0.156. The summed E-state index contributed by atoms with van der Waals surface area (Å²) in [5.74, 6) is -3.17. The molecule has 2 heterocycles. The van der Waals surface area contributed by atoms with Crippen LogP contribution in [0.4, 0.5) is 0 Å². The molecular weight excluding hydrogens is 554 g/mol. The first-order valence-corrected chi connectivity index (χ1v) is 12.7. The monoisotopic (exact) mass is 583 g/mol. The van der Waals surface area contributed by atoms with Crippen molar-refractivity contribution in [3.8, 4) is 0 Å². The average molecular weight is 581 g/mol. The van der Waals surface area contributed by atoms with Gasteiger partial charge in [-0.1, -0.05) is 0 Å². The van der Waals surface area contributed by atoms with Crippen LogP contribution in [0.2, 0.25) is 0 Å². The van der Waals surface area contributed by atoms with Crippen LogP contribution in [0.25, 0.3) is 0 Å². The van der Waals surface area contributed by atoms with E-state index in [1.807, 2.05) is 12.1 Å². The third-order valence-electron chi connectivity index (χ3n) is 4.49. The van der Waals surface area contributed by atoms with Gasteiger partial charge in [0.15, 0.2) is 0 Å². The molecule has 1 aromatic rings. The summed E-state index contributed by atoms with van der Waals surface area (Å²) in [6, 6.07) is 2.78. The third kappa shape index (κ3) is 8.79. The van der Waals surface area contributed by atoms with E-state index in [9.17, 15) is 24.0 Å². The van der Waals surface area contributed by atoms with Crippen LogP contribution in [-0.2, 0) is 54.1 Å². The number of amides is 1. The van der Waals surface area contributed by atoms with Crippen molar-refractivity contribution in [1.82, 2.24) is 5.32 Å². The van der Waals surface area contributed by atoms with Crippen LogP contribution in [0.3, 0.4) is 0 Å². The van der Waals surface area contributed by atoms with Crippen molar-refractivity contribution in [2.75, 3.05) is 6.61 Å². The van der Waals surface area contributed by atoms with Gasteiger partial charge in [-0.25, -0.2) is 0 Å². The first kappa shape index (κ1) is 26.8. The summed E-state index contributed by atoms with van der Waals surface area (Å²) in [7, 11) is 0. The molecule has 33 heavy (non-hydrogen) atoms. The van der Waals surface area contributed by atoms with Crippen molar-refractivity contribution >= 4 is 50.2 Å². The molecule has 5 atom stereocenters. The van der Waals surface area contributed by atoms with Gasteiger partial charge in [-0.05, 0) is 0 Å². The van der Waals surface area contributed by atoms with Gasteiger partial charge in [-0.3, -0.25) is 4.79 Å². The Bertz CT molecular complexity index is 855. The number of hydrogen-bond donors (Lipinski definition) is 1. The Balaban J connectivity index is 2.31. The van der Waals surface area contributed by atoms with Gasteiger partial charge in [0, 0.05) is 6.92 Å². The van der Waals surface area contributed by atoms with Crippen LogP contribution >= 0.6 is 0 Å². The number of ether oxygens (including phenoxy) is 5. The first-order valence-electron chi connectivity index (χ1n) is 10.2. The maximum absolute atomic E-state index is 12.7. The molecule has 1 unspecified atom stereocenters. The van der Waals surface area contributed by atoms with Gasteiger partial charge in [0.25, 0.3) is 0 Å². The summed E-state index contributed by atoms with van der Waals surface area (Å²) in [5.41, 5.74) is 0. The van der Waals surface area contributed by atoms with Crippen LogP contribution in [0.15, 0.2) is 16.2 Å². The summed E-state index contributed by atoms with van der Waals surface area (Å²) >= 11 is -0.392. The number of carbonyl (C=O) groups excluding carboxylic acids is 5. The van der Waals surface area contributed by atoms with Crippen LogP contribution in [0.5, 0.6) is 0 Å². The molecule has 0 bridgehead atoms. The van der Waals surface area contributed by atoms with E-state index in [1.54, 1.807) is 0 Å². The zero-order chi connectivity index (χ0) is 24.5. The molecule has 12 heteroatoms. The standard InChI is InChI=1S/C21H27NO10Te/c1-11(23)28-10-16-19(29-12(2)24)20(30-13(3)25)18(21(32-16)31-14(4)26)22-17(27)8-7-15-6-5-9-33-15/h5-6,9,16,18-21H,7-8,10H2,1-4H3,(H,22,27)/t16-,18+,19-,20-,21?/m1/s1.